The van der Waals surface area contributed by atoms with Crippen LogP contribution in [0.2, 0.25) is 5.02 Å². The summed E-state index contributed by atoms with van der Waals surface area (Å²) in [6.45, 7) is 6.19. The van der Waals surface area contributed by atoms with E-state index < -0.39 is 11.7 Å². The highest BCUT2D eigenvalue weighted by Crippen LogP contribution is 2.34. The fourth-order valence-corrected chi connectivity index (χ4v) is 5.01. The monoisotopic (exact) mass is 503 g/mol. The Bertz CT molecular complexity index is 1080. The number of anilines is 1. The molecule has 190 valence electrons. The van der Waals surface area contributed by atoms with E-state index in [1.54, 1.807) is 19.4 Å². The third-order valence-electron chi connectivity index (χ3n) is 6.52. The molecule has 1 aliphatic heterocycles. The minimum Gasteiger partial charge on any atom is -0.444 e. The maximum absolute atomic E-state index is 13.1. The van der Waals surface area contributed by atoms with Gasteiger partial charge in [0.15, 0.2) is 0 Å². The van der Waals surface area contributed by atoms with Gasteiger partial charge < -0.3 is 20.1 Å². The number of pyridine rings is 1. The molecule has 3 heterocycles. The molecule has 2 aromatic heterocycles. The third kappa shape index (κ3) is 6.32. The molecule has 0 aromatic carbocycles. The summed E-state index contributed by atoms with van der Waals surface area (Å²) in [5, 5.41) is 10.9. The number of ether oxygens (including phenoxy) is 2. The number of amides is 2. The zero-order valence-corrected chi connectivity index (χ0v) is 21.5. The van der Waals surface area contributed by atoms with Gasteiger partial charge in [0.1, 0.15) is 11.4 Å². The minimum absolute atomic E-state index is 0.0991. The molecule has 2 aromatic rings. The molecule has 9 nitrogen and oxygen atoms in total. The van der Waals surface area contributed by atoms with Crippen molar-refractivity contribution in [2.24, 2.45) is 5.92 Å². The number of hydrogen-bond donors (Lipinski definition) is 2. The molecule has 4 rings (SSSR count). The number of nitrogens with zero attached hydrogens (tertiary/aromatic N) is 3. The Morgan fingerprint density at radius 2 is 1.97 bits per heavy atom. The highest BCUT2D eigenvalue weighted by atomic mass is 35.5. The molecule has 1 aliphatic carbocycles. The summed E-state index contributed by atoms with van der Waals surface area (Å²) < 4.78 is 12.8. The first kappa shape index (κ1) is 25.4. The number of carbonyl (C=O) groups is 2. The first-order chi connectivity index (χ1) is 16.6. The maximum atomic E-state index is 13.1. The van der Waals surface area contributed by atoms with Crippen molar-refractivity contribution in [3.8, 4) is 11.1 Å². The molecular weight excluding hydrogens is 470 g/mol. The molecule has 2 amide bonds. The number of aromatic nitrogens is 3. The lowest BCUT2D eigenvalue weighted by Gasteiger charge is -2.30. The van der Waals surface area contributed by atoms with Crippen LogP contribution in [0.3, 0.4) is 0 Å². The van der Waals surface area contributed by atoms with Gasteiger partial charge >= 0.3 is 6.09 Å². The number of nitrogens with one attached hydrogen (secondary N) is 2. The molecule has 1 saturated carbocycles. The van der Waals surface area contributed by atoms with E-state index >= 15 is 0 Å². The Kier molecular flexibility index (Phi) is 7.66. The molecule has 0 saturated heterocycles. The average molecular weight is 504 g/mol. The lowest BCUT2D eigenvalue weighted by atomic mass is 9.85. The van der Waals surface area contributed by atoms with Crippen LogP contribution in [0, 0.1) is 5.92 Å². The van der Waals surface area contributed by atoms with Crippen molar-refractivity contribution in [2.75, 3.05) is 12.4 Å². The zero-order valence-electron chi connectivity index (χ0n) is 20.8. The van der Waals surface area contributed by atoms with Crippen molar-refractivity contribution >= 4 is 29.4 Å². The predicted molar refractivity (Wildman–Crippen MR) is 133 cm³/mol. The summed E-state index contributed by atoms with van der Waals surface area (Å²) in [6.07, 6.45) is 7.82. The van der Waals surface area contributed by atoms with Crippen molar-refractivity contribution in [3.63, 3.8) is 0 Å². The predicted octanol–water partition coefficient (Wildman–Crippen LogP) is 4.58. The smallest absolute Gasteiger partial charge is 0.407 e. The topological polar surface area (TPSA) is 107 Å². The second-order valence-electron chi connectivity index (χ2n) is 10.3. The molecule has 10 heteroatoms. The first-order valence-corrected chi connectivity index (χ1v) is 12.5. The molecule has 3 atom stereocenters. The van der Waals surface area contributed by atoms with Crippen LogP contribution in [-0.2, 0) is 27.2 Å². The Morgan fingerprint density at radius 3 is 2.71 bits per heavy atom. The number of fused-ring (bicyclic) bond motifs is 1. The number of rotatable bonds is 5. The van der Waals surface area contributed by atoms with E-state index in [9.17, 15) is 9.59 Å². The maximum Gasteiger partial charge on any atom is 0.407 e. The van der Waals surface area contributed by atoms with Crippen molar-refractivity contribution in [1.82, 2.24) is 20.1 Å². The summed E-state index contributed by atoms with van der Waals surface area (Å²) in [7, 11) is 1.72. The fraction of sp³-hybridized carbons (Fsp3) is 0.600. The first-order valence-electron chi connectivity index (χ1n) is 12.2. The fourth-order valence-electron chi connectivity index (χ4n) is 4.81. The van der Waals surface area contributed by atoms with Crippen LogP contribution in [0.15, 0.2) is 18.5 Å². The van der Waals surface area contributed by atoms with E-state index in [2.05, 4.69) is 20.7 Å². The lowest BCUT2D eigenvalue weighted by molar-refractivity contribution is -0.121. The summed E-state index contributed by atoms with van der Waals surface area (Å²) in [6, 6.07) is 1.71. The molecule has 0 radical (unpaired) electrons. The normalized spacial score (nSPS) is 22.3. The summed E-state index contributed by atoms with van der Waals surface area (Å²) in [5.41, 5.74) is 2.28. The molecular formula is C25H34ClN5O4. The molecule has 1 unspecified atom stereocenters. The number of hydrogen-bond acceptors (Lipinski definition) is 6. The van der Waals surface area contributed by atoms with Gasteiger partial charge in [-0.15, -0.1) is 0 Å². The lowest BCUT2D eigenvalue weighted by Crippen LogP contribution is -2.43. The minimum atomic E-state index is -0.562. The molecule has 0 bridgehead atoms. The molecule has 35 heavy (non-hydrogen) atoms. The van der Waals surface area contributed by atoms with Gasteiger partial charge in [-0.3, -0.25) is 9.48 Å². The summed E-state index contributed by atoms with van der Waals surface area (Å²) >= 11 is 6.50. The van der Waals surface area contributed by atoms with Crippen LogP contribution in [0.4, 0.5) is 10.6 Å². The highest BCUT2D eigenvalue weighted by Gasteiger charge is 2.30. The highest BCUT2D eigenvalue weighted by molar-refractivity contribution is 6.33. The van der Waals surface area contributed by atoms with Crippen LogP contribution in [0.5, 0.6) is 0 Å². The molecule has 0 spiro atoms. The van der Waals surface area contributed by atoms with Crippen molar-refractivity contribution < 1.29 is 19.1 Å². The largest absolute Gasteiger partial charge is 0.444 e. The molecule has 2 N–H and O–H groups in total. The Hall–Kier alpha value is -2.65. The summed E-state index contributed by atoms with van der Waals surface area (Å²) in [4.78, 5) is 29.5. The van der Waals surface area contributed by atoms with Gasteiger partial charge in [0.05, 0.1) is 23.9 Å². The van der Waals surface area contributed by atoms with Crippen LogP contribution in [0.1, 0.15) is 58.6 Å². The van der Waals surface area contributed by atoms with Crippen LogP contribution >= 0.6 is 11.6 Å². The third-order valence-corrected chi connectivity index (χ3v) is 6.83. The zero-order chi connectivity index (χ0) is 25.2. The molecule has 2 aliphatic rings. The van der Waals surface area contributed by atoms with Gasteiger partial charge in [-0.25, -0.2) is 9.78 Å². The second-order valence-corrected chi connectivity index (χ2v) is 10.7. The van der Waals surface area contributed by atoms with E-state index in [1.807, 2.05) is 31.6 Å². The van der Waals surface area contributed by atoms with Crippen LogP contribution < -0.4 is 10.6 Å². The Balaban J connectivity index is 1.42. The SMILES string of the molecule is COC1CCc2c(-c3cc(NC(=O)[C@H]4CCC[C@@H](NC(=O)OC(C)(C)C)C4)ncc3Cl)cnn2C1. The number of halogens is 1. The van der Waals surface area contributed by atoms with Gasteiger partial charge in [-0.2, -0.15) is 5.10 Å². The quantitative estimate of drug-likeness (QED) is 0.618. The Morgan fingerprint density at radius 1 is 1.17 bits per heavy atom. The number of alkyl carbamates (subject to hydrolysis) is 1. The Labute approximate surface area is 210 Å². The van der Waals surface area contributed by atoms with E-state index in [0.717, 1.165) is 48.9 Å². The molecule has 1 fully saturated rings. The van der Waals surface area contributed by atoms with Gasteiger partial charge in [0, 0.05) is 42.1 Å². The van der Waals surface area contributed by atoms with Crippen LogP contribution in [-0.4, -0.2) is 51.6 Å². The van der Waals surface area contributed by atoms with E-state index in [0.29, 0.717) is 23.8 Å². The second kappa shape index (κ2) is 10.5. The van der Waals surface area contributed by atoms with Gasteiger partial charge in [-0.05, 0) is 58.9 Å². The van der Waals surface area contributed by atoms with E-state index in [4.69, 9.17) is 21.1 Å². The number of methoxy groups -OCH3 is 1. The van der Waals surface area contributed by atoms with Crippen molar-refractivity contribution in [2.45, 2.75) is 83.6 Å². The number of carbonyl (C=O) groups excluding carboxylic acids is 2. The average Bonchev–Trinajstić information content (AvgIpc) is 3.22. The van der Waals surface area contributed by atoms with Gasteiger partial charge in [-0.1, -0.05) is 18.0 Å². The van der Waals surface area contributed by atoms with Gasteiger partial charge in [0.25, 0.3) is 0 Å². The van der Waals surface area contributed by atoms with Crippen molar-refractivity contribution in [1.29, 1.82) is 0 Å². The van der Waals surface area contributed by atoms with E-state index in [1.165, 1.54) is 0 Å². The standard InChI is InChI=1S/C25H34ClN5O4/c1-25(2,3)35-24(33)29-16-7-5-6-15(10-16)23(32)30-22-11-18(20(26)13-27-22)19-12-28-31-14-17(34-4)8-9-21(19)31/h11-13,15-17H,5-10,14H2,1-4H3,(H,29,33)(H,27,30,32)/t15-,16+,17?/m0/s1. The van der Waals surface area contributed by atoms with Gasteiger partial charge in [0.2, 0.25) is 5.91 Å². The van der Waals surface area contributed by atoms with Crippen molar-refractivity contribution in [3.05, 3.63) is 29.2 Å². The van der Waals surface area contributed by atoms with E-state index in [-0.39, 0.29) is 24.0 Å². The van der Waals surface area contributed by atoms with Crippen LogP contribution in [0.25, 0.3) is 11.1 Å². The summed E-state index contributed by atoms with van der Waals surface area (Å²) in [5.74, 6) is 0.114.